The Morgan fingerprint density at radius 2 is 1.68 bits per heavy atom. The van der Waals surface area contributed by atoms with Crippen molar-refractivity contribution in [1.29, 1.82) is 0 Å². The number of anilines is 1. The van der Waals surface area contributed by atoms with Gasteiger partial charge in [-0.15, -0.1) is 0 Å². The molecule has 1 aliphatic rings. The summed E-state index contributed by atoms with van der Waals surface area (Å²) in [6, 6.07) is 9.35. The average Bonchev–Trinajstić information content (AvgIpc) is 2.51. The first-order valence-corrected chi connectivity index (χ1v) is 10.1. The minimum atomic E-state index is -4.39. The molecule has 1 heterocycles. The summed E-state index contributed by atoms with van der Waals surface area (Å²) in [7, 11) is -8.60. The van der Waals surface area contributed by atoms with E-state index in [4.69, 9.17) is 4.55 Å². The van der Waals surface area contributed by atoms with Crippen LogP contribution in [0.2, 0.25) is 0 Å². The topological polar surface area (TPSA) is 127 Å². The van der Waals surface area contributed by atoms with Crippen LogP contribution in [0.25, 0.3) is 10.8 Å². The van der Waals surface area contributed by atoms with Gasteiger partial charge >= 0.3 is 0 Å². The van der Waals surface area contributed by atoms with E-state index in [2.05, 4.69) is 5.53 Å². The van der Waals surface area contributed by atoms with Crippen molar-refractivity contribution in [3.05, 3.63) is 48.7 Å². The van der Waals surface area contributed by atoms with Gasteiger partial charge in [0.15, 0.2) is 0 Å². The molecule has 0 spiro atoms. The first kappa shape index (κ1) is 17.8. The third-order valence-corrected chi connectivity index (χ3v) is 5.10. The molecule has 0 amide bonds. The highest BCUT2D eigenvalue weighted by Crippen LogP contribution is 2.31. The first-order chi connectivity index (χ1) is 11.6. The van der Waals surface area contributed by atoms with Crippen LogP contribution in [0.3, 0.4) is 0 Å². The van der Waals surface area contributed by atoms with Gasteiger partial charge in [0.25, 0.3) is 20.2 Å². The van der Waals surface area contributed by atoms with E-state index in [9.17, 15) is 21.4 Å². The lowest BCUT2D eigenvalue weighted by atomic mass is 10.1. The zero-order valence-electron chi connectivity index (χ0n) is 12.8. The Labute approximate surface area is 144 Å². The van der Waals surface area contributed by atoms with Crippen LogP contribution in [-0.4, -0.2) is 43.4 Å². The quantitative estimate of drug-likeness (QED) is 0.660. The van der Waals surface area contributed by atoms with Crippen LogP contribution in [0.5, 0.6) is 0 Å². The van der Waals surface area contributed by atoms with E-state index in [-0.39, 0.29) is 11.4 Å². The monoisotopic (exact) mass is 385 g/mol. The summed E-state index contributed by atoms with van der Waals surface area (Å²) < 4.78 is 63.6. The fourth-order valence-electron chi connectivity index (χ4n) is 2.61. The molecule has 2 aromatic rings. The SMILES string of the molecule is O=S(=O)(O)CN1CC=CN(c2ccc(S(=O)(=O)O)c3ccccc23)N1. The summed E-state index contributed by atoms with van der Waals surface area (Å²) in [6.45, 7) is 0.247. The summed E-state index contributed by atoms with van der Waals surface area (Å²) in [4.78, 5) is -0.220. The third kappa shape index (κ3) is 3.98. The summed E-state index contributed by atoms with van der Waals surface area (Å²) in [6.07, 6.45) is 3.32. The number of hydrazine groups is 2. The number of hydrogen-bond acceptors (Lipinski definition) is 7. The second-order valence-corrected chi connectivity index (χ2v) is 8.20. The zero-order valence-corrected chi connectivity index (χ0v) is 14.4. The standard InChI is InChI=1S/C14H15N3O6S2/c18-24(19,20)10-16-8-3-9-17(15-16)13-6-7-14(25(21,22)23)12-5-2-1-4-11(12)13/h1-7,9,15H,8,10H2,(H,18,19,20)(H,21,22,23). The van der Waals surface area contributed by atoms with Crippen LogP contribution >= 0.6 is 0 Å². The minimum Gasteiger partial charge on any atom is -0.285 e. The third-order valence-electron chi connectivity index (χ3n) is 3.55. The molecule has 0 atom stereocenters. The Morgan fingerprint density at radius 3 is 2.32 bits per heavy atom. The van der Waals surface area contributed by atoms with Gasteiger partial charge in [0.1, 0.15) is 10.8 Å². The molecule has 3 rings (SSSR count). The van der Waals surface area contributed by atoms with Crippen molar-refractivity contribution in [1.82, 2.24) is 10.5 Å². The average molecular weight is 385 g/mol. The predicted molar refractivity (Wildman–Crippen MR) is 91.6 cm³/mol. The number of fused-ring (bicyclic) bond motifs is 1. The highest BCUT2D eigenvalue weighted by molar-refractivity contribution is 7.86. The summed E-state index contributed by atoms with van der Waals surface area (Å²) >= 11 is 0. The van der Waals surface area contributed by atoms with E-state index in [1.54, 1.807) is 36.5 Å². The molecule has 134 valence electrons. The Kier molecular flexibility index (Phi) is 4.53. The van der Waals surface area contributed by atoms with Crippen LogP contribution in [0, 0.1) is 0 Å². The molecular formula is C14H15N3O6S2. The Hall–Kier alpha value is -2.02. The van der Waals surface area contributed by atoms with Crippen LogP contribution in [0.4, 0.5) is 5.69 Å². The summed E-state index contributed by atoms with van der Waals surface area (Å²) in [5.74, 6) is -0.616. The second kappa shape index (κ2) is 6.37. The van der Waals surface area contributed by atoms with Crippen molar-refractivity contribution in [3.63, 3.8) is 0 Å². The number of nitrogens with one attached hydrogen (secondary N) is 1. The number of benzene rings is 2. The maximum Gasteiger partial charge on any atom is 0.295 e. The van der Waals surface area contributed by atoms with Gasteiger partial charge in [-0.25, -0.2) is 5.01 Å². The summed E-state index contributed by atoms with van der Waals surface area (Å²) in [5, 5.41) is 3.61. The minimum absolute atomic E-state index is 0.220. The molecule has 2 aromatic carbocycles. The largest absolute Gasteiger partial charge is 0.295 e. The lowest BCUT2D eigenvalue weighted by molar-refractivity contribution is 0.227. The first-order valence-electron chi connectivity index (χ1n) is 7.07. The summed E-state index contributed by atoms with van der Waals surface area (Å²) in [5.41, 5.74) is 3.35. The normalized spacial score (nSPS) is 16.5. The van der Waals surface area contributed by atoms with Gasteiger partial charge < -0.3 is 0 Å². The fourth-order valence-corrected chi connectivity index (χ4v) is 3.86. The van der Waals surface area contributed by atoms with Crippen LogP contribution in [-0.2, 0) is 20.2 Å². The molecule has 0 saturated heterocycles. The molecule has 0 radical (unpaired) electrons. The smallest absolute Gasteiger partial charge is 0.285 e. The number of rotatable bonds is 4. The van der Waals surface area contributed by atoms with Crippen molar-refractivity contribution in [2.24, 2.45) is 0 Å². The molecule has 25 heavy (non-hydrogen) atoms. The van der Waals surface area contributed by atoms with E-state index >= 15 is 0 Å². The van der Waals surface area contributed by atoms with Gasteiger partial charge in [-0.3, -0.25) is 14.1 Å². The van der Waals surface area contributed by atoms with Crippen molar-refractivity contribution >= 4 is 36.7 Å². The lowest BCUT2D eigenvalue weighted by Crippen LogP contribution is -2.52. The molecule has 1 aliphatic heterocycles. The maximum atomic E-state index is 11.6. The van der Waals surface area contributed by atoms with Gasteiger partial charge in [0.2, 0.25) is 0 Å². The molecule has 0 saturated carbocycles. The second-order valence-electron chi connectivity index (χ2n) is 5.39. The van der Waals surface area contributed by atoms with E-state index < -0.39 is 26.1 Å². The van der Waals surface area contributed by atoms with Gasteiger partial charge in [-0.2, -0.15) is 22.4 Å². The van der Waals surface area contributed by atoms with E-state index in [0.29, 0.717) is 16.5 Å². The lowest BCUT2D eigenvalue weighted by Gasteiger charge is -2.33. The molecule has 3 N–H and O–H groups in total. The molecule has 11 heteroatoms. The molecule has 0 aromatic heterocycles. The van der Waals surface area contributed by atoms with Crippen molar-refractivity contribution in [2.75, 3.05) is 17.4 Å². The molecule has 0 unspecified atom stereocenters. The molecule has 9 nitrogen and oxygen atoms in total. The van der Waals surface area contributed by atoms with Crippen LogP contribution < -0.4 is 10.5 Å². The van der Waals surface area contributed by atoms with Crippen LogP contribution in [0.15, 0.2) is 53.6 Å². The Morgan fingerprint density at radius 1 is 1.00 bits per heavy atom. The predicted octanol–water partition coefficient (Wildman–Crippen LogP) is 0.987. The van der Waals surface area contributed by atoms with E-state index in [0.717, 1.165) is 0 Å². The van der Waals surface area contributed by atoms with Gasteiger partial charge in [-0.1, -0.05) is 30.3 Å². The van der Waals surface area contributed by atoms with Gasteiger partial charge in [-0.05, 0) is 12.1 Å². The fraction of sp³-hybridized carbons (Fsp3) is 0.143. The highest BCUT2D eigenvalue weighted by atomic mass is 32.2. The number of hydrogen-bond donors (Lipinski definition) is 3. The molecule has 0 aliphatic carbocycles. The van der Waals surface area contributed by atoms with E-state index in [1.165, 1.54) is 22.2 Å². The Bertz CT molecular complexity index is 1050. The van der Waals surface area contributed by atoms with E-state index in [1.807, 2.05) is 0 Å². The Balaban J connectivity index is 2.05. The van der Waals surface area contributed by atoms with Crippen molar-refractivity contribution in [2.45, 2.75) is 4.90 Å². The van der Waals surface area contributed by atoms with Crippen LogP contribution in [0.1, 0.15) is 0 Å². The van der Waals surface area contributed by atoms with Crippen molar-refractivity contribution in [3.8, 4) is 0 Å². The number of nitrogens with zero attached hydrogens (tertiary/aromatic N) is 2. The van der Waals surface area contributed by atoms with Gasteiger partial charge in [0, 0.05) is 23.5 Å². The highest BCUT2D eigenvalue weighted by Gasteiger charge is 2.21. The van der Waals surface area contributed by atoms with Crippen molar-refractivity contribution < 1.29 is 25.9 Å². The zero-order chi connectivity index (χ0) is 18.2. The molecule has 0 bridgehead atoms. The molecule has 0 fully saturated rings. The molecular weight excluding hydrogens is 370 g/mol. The maximum absolute atomic E-state index is 11.6. The van der Waals surface area contributed by atoms with Gasteiger partial charge in [0.05, 0.1) is 5.69 Å².